The van der Waals surface area contributed by atoms with Crippen molar-refractivity contribution < 1.29 is 4.79 Å². The number of thioether (sulfide) groups is 1. The van der Waals surface area contributed by atoms with Crippen LogP contribution < -0.4 is 5.32 Å². The zero-order valence-electron chi connectivity index (χ0n) is 12.0. The minimum absolute atomic E-state index is 0.271. The van der Waals surface area contributed by atoms with Gasteiger partial charge in [-0.15, -0.1) is 0 Å². The van der Waals surface area contributed by atoms with Crippen molar-refractivity contribution in [2.75, 3.05) is 25.4 Å². The molecule has 108 valence electrons. The highest BCUT2D eigenvalue weighted by atomic mass is 32.2. The molecule has 2 heterocycles. The van der Waals surface area contributed by atoms with Crippen LogP contribution in [0.5, 0.6) is 0 Å². The maximum Gasteiger partial charge on any atom is 0.224 e. The summed E-state index contributed by atoms with van der Waals surface area (Å²) in [6, 6.07) is 0.529. The van der Waals surface area contributed by atoms with Gasteiger partial charge in [0, 0.05) is 31.3 Å². The third-order valence-corrected chi connectivity index (χ3v) is 4.85. The first-order valence-electron chi connectivity index (χ1n) is 7.38. The van der Waals surface area contributed by atoms with Gasteiger partial charge in [0.2, 0.25) is 5.91 Å². The van der Waals surface area contributed by atoms with E-state index in [9.17, 15) is 4.79 Å². The molecule has 5 heteroatoms. The molecule has 2 aliphatic heterocycles. The van der Waals surface area contributed by atoms with Crippen LogP contribution in [0, 0.1) is 5.92 Å². The van der Waals surface area contributed by atoms with E-state index >= 15 is 0 Å². The zero-order valence-corrected chi connectivity index (χ0v) is 12.8. The van der Waals surface area contributed by atoms with E-state index in [1.807, 2.05) is 4.90 Å². The van der Waals surface area contributed by atoms with Gasteiger partial charge in [0.25, 0.3) is 0 Å². The molecule has 1 unspecified atom stereocenters. The number of aliphatic imine (C=N–C) groups is 1. The van der Waals surface area contributed by atoms with E-state index in [0.29, 0.717) is 24.9 Å². The van der Waals surface area contributed by atoms with Crippen molar-refractivity contribution >= 4 is 22.8 Å². The lowest BCUT2D eigenvalue weighted by Crippen LogP contribution is -2.36. The molecular weight excluding hydrogens is 258 g/mol. The van der Waals surface area contributed by atoms with E-state index in [0.717, 1.165) is 36.9 Å². The van der Waals surface area contributed by atoms with Crippen LogP contribution in [0.4, 0.5) is 0 Å². The van der Waals surface area contributed by atoms with E-state index in [2.05, 4.69) is 24.2 Å². The van der Waals surface area contributed by atoms with Gasteiger partial charge in [0.1, 0.15) is 0 Å². The average Bonchev–Trinajstić information content (AvgIpc) is 2.89. The molecule has 1 N–H and O–H groups in total. The third kappa shape index (κ3) is 4.41. The Morgan fingerprint density at radius 3 is 2.79 bits per heavy atom. The molecule has 2 saturated heterocycles. The molecule has 0 bridgehead atoms. The van der Waals surface area contributed by atoms with Crippen LogP contribution in [0.3, 0.4) is 0 Å². The molecule has 2 aliphatic rings. The quantitative estimate of drug-likeness (QED) is 0.859. The maximum absolute atomic E-state index is 12.0. The number of hydrogen-bond donors (Lipinski definition) is 1. The van der Waals surface area contributed by atoms with Crippen LogP contribution in [0.25, 0.3) is 0 Å². The van der Waals surface area contributed by atoms with Gasteiger partial charge in [0.05, 0.1) is 6.54 Å². The highest BCUT2D eigenvalue weighted by Gasteiger charge is 2.22. The van der Waals surface area contributed by atoms with E-state index in [4.69, 9.17) is 0 Å². The Labute approximate surface area is 120 Å². The monoisotopic (exact) mass is 283 g/mol. The lowest BCUT2D eigenvalue weighted by molar-refractivity contribution is -0.131. The molecule has 0 aromatic heterocycles. The molecule has 2 rings (SSSR count). The summed E-state index contributed by atoms with van der Waals surface area (Å²) in [5.41, 5.74) is 0. The second kappa shape index (κ2) is 7.17. The Morgan fingerprint density at radius 1 is 1.42 bits per heavy atom. The first kappa shape index (κ1) is 14.7. The van der Waals surface area contributed by atoms with Gasteiger partial charge >= 0.3 is 0 Å². The summed E-state index contributed by atoms with van der Waals surface area (Å²) in [6.45, 7) is 6.95. The number of carbonyl (C=O) groups excluding carboxylic acids is 1. The number of carbonyl (C=O) groups is 1. The molecule has 1 amide bonds. The van der Waals surface area contributed by atoms with Crippen LogP contribution >= 0.6 is 11.8 Å². The van der Waals surface area contributed by atoms with Gasteiger partial charge in [0.15, 0.2) is 5.17 Å². The molecular formula is C14H25N3OS. The van der Waals surface area contributed by atoms with Crippen molar-refractivity contribution in [2.45, 2.75) is 45.6 Å². The molecule has 0 aromatic carbocycles. The van der Waals surface area contributed by atoms with Crippen molar-refractivity contribution in [1.82, 2.24) is 10.2 Å². The Bertz CT molecular complexity index is 338. The number of piperidine rings is 1. The third-order valence-electron chi connectivity index (χ3n) is 3.80. The number of likely N-dealkylation sites (tertiary alicyclic amines) is 1. The van der Waals surface area contributed by atoms with Crippen LogP contribution in [0.2, 0.25) is 0 Å². The number of amidine groups is 1. The zero-order chi connectivity index (χ0) is 13.7. The Balaban J connectivity index is 1.69. The van der Waals surface area contributed by atoms with Crippen molar-refractivity contribution in [3.05, 3.63) is 0 Å². The summed E-state index contributed by atoms with van der Waals surface area (Å²) in [6.07, 6.45) is 4.14. The number of nitrogens with zero attached hydrogens (tertiary/aromatic N) is 2. The number of nitrogens with one attached hydrogen (secondary N) is 1. The topological polar surface area (TPSA) is 44.7 Å². The molecule has 0 aliphatic carbocycles. The van der Waals surface area contributed by atoms with Crippen LogP contribution in [0.1, 0.15) is 39.5 Å². The summed E-state index contributed by atoms with van der Waals surface area (Å²) < 4.78 is 0. The normalized spacial score (nSPS) is 25.9. The largest absolute Gasteiger partial charge is 0.361 e. The molecule has 0 radical (unpaired) electrons. The highest BCUT2D eigenvalue weighted by Crippen LogP contribution is 2.19. The fraction of sp³-hybridized carbons (Fsp3) is 0.857. The molecule has 19 heavy (non-hydrogen) atoms. The fourth-order valence-corrected chi connectivity index (χ4v) is 3.64. The molecule has 2 fully saturated rings. The Morgan fingerprint density at radius 2 is 2.16 bits per heavy atom. The van der Waals surface area contributed by atoms with Crippen LogP contribution in [0.15, 0.2) is 4.99 Å². The smallest absolute Gasteiger partial charge is 0.224 e. The molecule has 0 saturated carbocycles. The molecule has 0 aromatic rings. The SMILES string of the molecule is CC(C)C1CSC(=NCCC(=O)N2CCCCC2)N1. The Hall–Kier alpha value is -0.710. The molecule has 4 nitrogen and oxygen atoms in total. The first-order chi connectivity index (χ1) is 9.16. The van der Waals surface area contributed by atoms with Gasteiger partial charge in [-0.2, -0.15) is 0 Å². The standard InChI is InChI=1S/C14H25N3OS/c1-11(2)12-10-19-14(16-12)15-7-6-13(18)17-8-4-3-5-9-17/h11-12H,3-10H2,1-2H3,(H,15,16). The number of amides is 1. The van der Waals surface area contributed by atoms with E-state index in [1.165, 1.54) is 6.42 Å². The predicted octanol–water partition coefficient (Wildman–Crippen LogP) is 2.11. The van der Waals surface area contributed by atoms with Crippen LogP contribution in [-0.4, -0.2) is 47.4 Å². The number of rotatable bonds is 4. The van der Waals surface area contributed by atoms with Gasteiger partial charge in [-0.25, -0.2) is 0 Å². The molecule has 0 spiro atoms. The molecule has 1 atom stereocenters. The maximum atomic E-state index is 12.0. The van der Waals surface area contributed by atoms with Crippen LogP contribution in [-0.2, 0) is 4.79 Å². The van der Waals surface area contributed by atoms with E-state index < -0.39 is 0 Å². The minimum atomic E-state index is 0.271. The second-order valence-electron chi connectivity index (χ2n) is 5.68. The summed E-state index contributed by atoms with van der Waals surface area (Å²) in [4.78, 5) is 18.5. The summed E-state index contributed by atoms with van der Waals surface area (Å²) in [7, 11) is 0. The summed E-state index contributed by atoms with van der Waals surface area (Å²) in [5.74, 6) is 2.00. The van der Waals surface area contributed by atoms with Gasteiger partial charge < -0.3 is 10.2 Å². The van der Waals surface area contributed by atoms with E-state index in [-0.39, 0.29) is 5.91 Å². The van der Waals surface area contributed by atoms with E-state index in [1.54, 1.807) is 11.8 Å². The average molecular weight is 283 g/mol. The second-order valence-corrected chi connectivity index (χ2v) is 6.69. The minimum Gasteiger partial charge on any atom is -0.361 e. The highest BCUT2D eigenvalue weighted by molar-refractivity contribution is 8.14. The van der Waals surface area contributed by atoms with Crippen molar-refractivity contribution in [3.63, 3.8) is 0 Å². The van der Waals surface area contributed by atoms with Gasteiger partial charge in [-0.05, 0) is 25.2 Å². The predicted molar refractivity (Wildman–Crippen MR) is 81.6 cm³/mol. The summed E-state index contributed by atoms with van der Waals surface area (Å²) >= 11 is 1.78. The Kier molecular flexibility index (Phi) is 5.55. The fourth-order valence-electron chi connectivity index (χ4n) is 2.42. The van der Waals surface area contributed by atoms with Crippen molar-refractivity contribution in [2.24, 2.45) is 10.9 Å². The van der Waals surface area contributed by atoms with Crippen molar-refractivity contribution in [1.29, 1.82) is 0 Å². The first-order valence-corrected chi connectivity index (χ1v) is 8.37. The van der Waals surface area contributed by atoms with Gasteiger partial charge in [-0.1, -0.05) is 25.6 Å². The number of hydrogen-bond acceptors (Lipinski definition) is 3. The lowest BCUT2D eigenvalue weighted by Gasteiger charge is -2.26. The van der Waals surface area contributed by atoms with Crippen molar-refractivity contribution in [3.8, 4) is 0 Å². The summed E-state index contributed by atoms with van der Waals surface area (Å²) in [5, 5.41) is 4.45. The van der Waals surface area contributed by atoms with Gasteiger partial charge in [-0.3, -0.25) is 9.79 Å². The lowest BCUT2D eigenvalue weighted by atomic mass is 10.1.